The molecule has 0 aliphatic carbocycles. The molecule has 2 heterocycles. The Balaban J connectivity index is 1.58. The first-order valence-electron chi connectivity index (χ1n) is 8.81. The van der Waals surface area contributed by atoms with Crippen LogP contribution in [0, 0.1) is 13.8 Å². The second kappa shape index (κ2) is 8.22. The summed E-state index contributed by atoms with van der Waals surface area (Å²) in [6.07, 6.45) is 1.72. The van der Waals surface area contributed by atoms with Gasteiger partial charge in [0.25, 0.3) is 5.91 Å². The zero-order valence-corrected chi connectivity index (χ0v) is 18.8. The van der Waals surface area contributed by atoms with E-state index in [2.05, 4.69) is 26.2 Å². The summed E-state index contributed by atoms with van der Waals surface area (Å²) in [4.78, 5) is 17.4. The number of hydrogen-bond donors (Lipinski definition) is 1. The van der Waals surface area contributed by atoms with Gasteiger partial charge in [0.2, 0.25) is 0 Å². The van der Waals surface area contributed by atoms with Gasteiger partial charge in [0.05, 0.1) is 10.6 Å². The number of nitrogens with one attached hydrogen (secondary N) is 1. The van der Waals surface area contributed by atoms with Crippen LogP contribution in [0.2, 0.25) is 5.02 Å². The standard InChI is InChI=1S/C22H16BrClN2O2S/c1-12-3-7-16(17(23)9-12)19-8-6-15(28-19)11-20-21(27)26-22(29-20)25-18-10-14(24)5-4-13(18)2/h3-11H,1-2H3,(H,25,26,27)/b20-11-. The number of hydrogen-bond acceptors (Lipinski definition) is 4. The molecule has 7 heteroatoms. The molecule has 3 aromatic rings. The molecule has 4 rings (SSSR count). The highest BCUT2D eigenvalue weighted by molar-refractivity contribution is 9.10. The van der Waals surface area contributed by atoms with Gasteiger partial charge in [0.1, 0.15) is 11.5 Å². The highest BCUT2D eigenvalue weighted by Crippen LogP contribution is 2.33. The van der Waals surface area contributed by atoms with Gasteiger partial charge in [0.15, 0.2) is 5.17 Å². The van der Waals surface area contributed by atoms with E-state index < -0.39 is 0 Å². The number of aryl methyl sites for hydroxylation is 2. The molecule has 1 saturated heterocycles. The van der Waals surface area contributed by atoms with Gasteiger partial charge in [-0.05, 0) is 73.1 Å². The van der Waals surface area contributed by atoms with Gasteiger partial charge in [-0.2, -0.15) is 0 Å². The van der Waals surface area contributed by atoms with E-state index in [0.717, 1.165) is 32.6 Å². The SMILES string of the molecule is Cc1ccc(-c2ccc(/C=C3\SC(=Nc4cc(Cl)ccc4C)NC3=O)o2)c(Br)c1. The third-order valence-electron chi connectivity index (χ3n) is 4.33. The lowest BCUT2D eigenvalue weighted by molar-refractivity contribution is -0.115. The average Bonchev–Trinajstić information content (AvgIpc) is 3.25. The van der Waals surface area contributed by atoms with E-state index in [-0.39, 0.29) is 5.91 Å². The van der Waals surface area contributed by atoms with Gasteiger partial charge in [-0.25, -0.2) is 4.99 Å². The fourth-order valence-electron chi connectivity index (χ4n) is 2.82. The normalized spacial score (nSPS) is 16.6. The van der Waals surface area contributed by atoms with Crippen LogP contribution in [-0.2, 0) is 4.79 Å². The highest BCUT2D eigenvalue weighted by Gasteiger charge is 2.24. The molecular weight excluding hydrogens is 472 g/mol. The van der Waals surface area contributed by atoms with E-state index in [1.54, 1.807) is 12.1 Å². The van der Waals surface area contributed by atoms with Gasteiger partial charge in [-0.1, -0.05) is 39.7 Å². The first kappa shape index (κ1) is 20.0. The van der Waals surface area contributed by atoms with Crippen molar-refractivity contribution in [3.05, 3.63) is 79.8 Å². The summed E-state index contributed by atoms with van der Waals surface area (Å²) in [7, 11) is 0. The molecule has 0 atom stereocenters. The number of benzene rings is 2. The van der Waals surface area contributed by atoms with Crippen LogP contribution in [0.4, 0.5) is 5.69 Å². The number of aliphatic imine (C=N–C) groups is 1. The van der Waals surface area contributed by atoms with Crippen LogP contribution in [0.15, 0.2) is 67.3 Å². The van der Waals surface area contributed by atoms with Crippen LogP contribution >= 0.6 is 39.3 Å². The molecule has 1 fully saturated rings. The molecule has 4 nitrogen and oxygen atoms in total. The number of furan rings is 1. The maximum Gasteiger partial charge on any atom is 0.264 e. The van der Waals surface area contributed by atoms with Crippen LogP contribution in [0.3, 0.4) is 0 Å². The summed E-state index contributed by atoms with van der Waals surface area (Å²) in [5.74, 6) is 1.13. The number of carbonyl (C=O) groups excluding carboxylic acids is 1. The maximum absolute atomic E-state index is 12.3. The summed E-state index contributed by atoms with van der Waals surface area (Å²) in [6.45, 7) is 3.98. The summed E-state index contributed by atoms with van der Waals surface area (Å²) >= 11 is 10.9. The molecule has 1 aliphatic heterocycles. The average molecular weight is 488 g/mol. The Kier molecular flexibility index (Phi) is 5.67. The number of carbonyl (C=O) groups is 1. The molecule has 1 N–H and O–H groups in total. The third kappa shape index (κ3) is 4.50. The minimum Gasteiger partial charge on any atom is -0.457 e. The Morgan fingerprint density at radius 1 is 1.14 bits per heavy atom. The maximum atomic E-state index is 12.3. The number of amides is 1. The summed E-state index contributed by atoms with van der Waals surface area (Å²) in [5, 5.41) is 3.90. The lowest BCUT2D eigenvalue weighted by Crippen LogP contribution is -2.19. The molecule has 0 spiro atoms. The zero-order valence-electron chi connectivity index (χ0n) is 15.6. The first-order chi connectivity index (χ1) is 13.9. The Labute approximate surface area is 186 Å². The molecule has 1 amide bonds. The van der Waals surface area contributed by atoms with Gasteiger partial charge >= 0.3 is 0 Å². The van der Waals surface area contributed by atoms with Crippen molar-refractivity contribution in [2.45, 2.75) is 13.8 Å². The van der Waals surface area contributed by atoms with E-state index in [9.17, 15) is 4.79 Å². The molecule has 0 radical (unpaired) electrons. The summed E-state index contributed by atoms with van der Waals surface area (Å²) in [6, 6.07) is 15.3. The van der Waals surface area contributed by atoms with Crippen LogP contribution < -0.4 is 5.32 Å². The van der Waals surface area contributed by atoms with Crippen molar-refractivity contribution in [3.63, 3.8) is 0 Å². The monoisotopic (exact) mass is 486 g/mol. The number of amidine groups is 1. The second-order valence-electron chi connectivity index (χ2n) is 6.60. The van der Waals surface area contributed by atoms with Crippen molar-refractivity contribution < 1.29 is 9.21 Å². The lowest BCUT2D eigenvalue weighted by atomic mass is 10.1. The Hall–Kier alpha value is -2.28. The van der Waals surface area contributed by atoms with Crippen molar-refractivity contribution >= 4 is 62.1 Å². The molecule has 2 aromatic carbocycles. The Bertz CT molecular complexity index is 1180. The van der Waals surface area contributed by atoms with Crippen molar-refractivity contribution in [2.75, 3.05) is 0 Å². The highest BCUT2D eigenvalue weighted by atomic mass is 79.9. The molecule has 146 valence electrons. The summed E-state index contributed by atoms with van der Waals surface area (Å²) < 4.78 is 6.90. The molecule has 0 unspecified atom stereocenters. The van der Waals surface area contributed by atoms with Gasteiger partial charge in [-0.15, -0.1) is 0 Å². The molecule has 0 saturated carbocycles. The molecule has 1 aliphatic rings. The van der Waals surface area contributed by atoms with E-state index >= 15 is 0 Å². The van der Waals surface area contributed by atoms with Gasteiger partial charge in [-0.3, -0.25) is 4.79 Å². The number of nitrogens with zero attached hydrogens (tertiary/aromatic N) is 1. The quantitative estimate of drug-likeness (QED) is 0.410. The molecule has 29 heavy (non-hydrogen) atoms. The predicted molar refractivity (Wildman–Crippen MR) is 124 cm³/mol. The Morgan fingerprint density at radius 2 is 1.97 bits per heavy atom. The van der Waals surface area contributed by atoms with E-state index in [1.807, 2.05) is 56.3 Å². The minimum absolute atomic E-state index is 0.206. The van der Waals surface area contributed by atoms with Crippen LogP contribution in [0.1, 0.15) is 16.9 Å². The van der Waals surface area contributed by atoms with Crippen LogP contribution in [0.5, 0.6) is 0 Å². The number of halogens is 2. The van der Waals surface area contributed by atoms with Crippen molar-refractivity contribution in [1.82, 2.24) is 5.32 Å². The van der Waals surface area contributed by atoms with Crippen molar-refractivity contribution in [2.24, 2.45) is 4.99 Å². The fourth-order valence-corrected chi connectivity index (χ4v) is 4.49. The largest absolute Gasteiger partial charge is 0.457 e. The topological polar surface area (TPSA) is 54.6 Å². The molecule has 0 bridgehead atoms. The number of thioether (sulfide) groups is 1. The van der Waals surface area contributed by atoms with E-state index in [0.29, 0.717) is 20.9 Å². The fraction of sp³-hybridized carbons (Fsp3) is 0.0909. The smallest absolute Gasteiger partial charge is 0.264 e. The molecular formula is C22H16BrClN2O2S. The number of rotatable bonds is 3. The predicted octanol–water partition coefficient (Wildman–Crippen LogP) is 6.87. The Morgan fingerprint density at radius 3 is 2.76 bits per heavy atom. The lowest BCUT2D eigenvalue weighted by Gasteiger charge is -2.02. The van der Waals surface area contributed by atoms with Gasteiger partial charge < -0.3 is 9.73 Å². The molecule has 1 aromatic heterocycles. The minimum atomic E-state index is -0.206. The van der Waals surface area contributed by atoms with Crippen LogP contribution in [0.25, 0.3) is 17.4 Å². The third-order valence-corrected chi connectivity index (χ3v) is 6.14. The zero-order chi connectivity index (χ0) is 20.5. The van der Waals surface area contributed by atoms with E-state index in [4.69, 9.17) is 16.0 Å². The first-order valence-corrected chi connectivity index (χ1v) is 10.8. The van der Waals surface area contributed by atoms with Gasteiger partial charge in [0, 0.05) is 21.1 Å². The van der Waals surface area contributed by atoms with Crippen molar-refractivity contribution in [3.8, 4) is 11.3 Å². The van der Waals surface area contributed by atoms with Crippen molar-refractivity contribution in [1.29, 1.82) is 0 Å². The van der Waals surface area contributed by atoms with Crippen LogP contribution in [-0.4, -0.2) is 11.1 Å². The second-order valence-corrected chi connectivity index (χ2v) is 8.92. The van der Waals surface area contributed by atoms with E-state index in [1.165, 1.54) is 11.8 Å². The summed E-state index contributed by atoms with van der Waals surface area (Å²) in [5.41, 5.74) is 3.83.